The molecule has 1 amide bonds. The van der Waals surface area contributed by atoms with Crippen LogP contribution in [0, 0.1) is 0 Å². The third-order valence-electron chi connectivity index (χ3n) is 2.70. The molecule has 0 aliphatic rings. The molecular weight excluding hydrogens is 321 g/mol. The Labute approximate surface area is 139 Å². The number of nitrogens with one attached hydrogen (secondary N) is 2. The Morgan fingerprint density at radius 3 is 2.55 bits per heavy atom. The molecule has 0 spiro atoms. The number of hydrogen-bond acceptors (Lipinski definition) is 3. The minimum absolute atomic E-state index is 0.180. The fourth-order valence-electron chi connectivity index (χ4n) is 1.79. The van der Waals surface area contributed by atoms with Crippen LogP contribution in [0.4, 0.5) is 11.4 Å². The molecule has 0 saturated heterocycles. The maximum Gasteiger partial charge on any atom is 0.253 e. The van der Waals surface area contributed by atoms with Crippen LogP contribution >= 0.6 is 23.2 Å². The van der Waals surface area contributed by atoms with Gasteiger partial charge in [0.05, 0.1) is 28.2 Å². The van der Waals surface area contributed by atoms with Gasteiger partial charge in [-0.1, -0.05) is 23.2 Å². The molecule has 0 fully saturated rings. The molecule has 1 heterocycles. The van der Waals surface area contributed by atoms with Crippen LogP contribution in [0.25, 0.3) is 0 Å². The van der Waals surface area contributed by atoms with Crippen molar-refractivity contribution in [2.45, 2.75) is 26.3 Å². The maximum absolute atomic E-state index is 12.2. The number of carbonyl (C=O) groups excluding carboxylic acids is 1. The van der Waals surface area contributed by atoms with Gasteiger partial charge in [0, 0.05) is 16.8 Å². The SMILES string of the molecule is CC(C)(C)NC(=O)c1cncc(Nc2cc(Cl)ccc2Cl)c1. The van der Waals surface area contributed by atoms with Crippen molar-refractivity contribution in [1.29, 1.82) is 0 Å². The lowest BCUT2D eigenvalue weighted by Crippen LogP contribution is -2.40. The number of anilines is 2. The number of halogens is 2. The Morgan fingerprint density at radius 2 is 1.86 bits per heavy atom. The first-order valence-corrected chi connectivity index (χ1v) is 7.50. The maximum atomic E-state index is 12.2. The quantitative estimate of drug-likeness (QED) is 0.856. The summed E-state index contributed by atoms with van der Waals surface area (Å²) in [6.07, 6.45) is 3.14. The van der Waals surface area contributed by atoms with Crippen LogP contribution in [0.15, 0.2) is 36.7 Å². The fraction of sp³-hybridized carbons (Fsp3) is 0.250. The van der Waals surface area contributed by atoms with E-state index in [2.05, 4.69) is 15.6 Å². The monoisotopic (exact) mass is 337 g/mol. The van der Waals surface area contributed by atoms with Gasteiger partial charge < -0.3 is 10.6 Å². The molecule has 22 heavy (non-hydrogen) atoms. The molecule has 0 unspecified atom stereocenters. The van der Waals surface area contributed by atoms with E-state index in [4.69, 9.17) is 23.2 Å². The molecule has 1 aromatic carbocycles. The van der Waals surface area contributed by atoms with Crippen LogP contribution in [-0.4, -0.2) is 16.4 Å². The highest BCUT2D eigenvalue weighted by molar-refractivity contribution is 6.35. The van der Waals surface area contributed by atoms with E-state index >= 15 is 0 Å². The summed E-state index contributed by atoms with van der Waals surface area (Å²) in [4.78, 5) is 16.2. The first-order valence-electron chi connectivity index (χ1n) is 6.74. The van der Waals surface area contributed by atoms with E-state index in [1.807, 2.05) is 20.8 Å². The van der Waals surface area contributed by atoms with Gasteiger partial charge >= 0.3 is 0 Å². The molecule has 1 aromatic heterocycles. The smallest absolute Gasteiger partial charge is 0.253 e. The summed E-state index contributed by atoms with van der Waals surface area (Å²) in [5.41, 5.74) is 1.48. The highest BCUT2D eigenvalue weighted by Gasteiger charge is 2.16. The third-order valence-corrected chi connectivity index (χ3v) is 3.26. The first kappa shape index (κ1) is 16.6. The second-order valence-corrected chi connectivity index (χ2v) is 6.76. The van der Waals surface area contributed by atoms with Crippen molar-refractivity contribution < 1.29 is 4.79 Å². The van der Waals surface area contributed by atoms with E-state index in [0.29, 0.717) is 27.0 Å². The number of rotatable bonds is 3. The molecule has 2 aromatic rings. The van der Waals surface area contributed by atoms with Crippen LogP contribution in [0.1, 0.15) is 31.1 Å². The van der Waals surface area contributed by atoms with Crippen LogP contribution in [0.5, 0.6) is 0 Å². The van der Waals surface area contributed by atoms with Crippen molar-refractivity contribution in [1.82, 2.24) is 10.3 Å². The number of hydrogen-bond donors (Lipinski definition) is 2. The Kier molecular flexibility index (Phi) is 4.94. The molecule has 2 rings (SSSR count). The number of nitrogens with zero attached hydrogens (tertiary/aromatic N) is 1. The van der Waals surface area contributed by atoms with Gasteiger partial charge in [-0.2, -0.15) is 0 Å². The number of pyridine rings is 1. The third kappa shape index (κ3) is 4.61. The largest absolute Gasteiger partial charge is 0.353 e. The summed E-state index contributed by atoms with van der Waals surface area (Å²) < 4.78 is 0. The predicted molar refractivity (Wildman–Crippen MR) is 91.2 cm³/mol. The number of amides is 1. The zero-order valence-electron chi connectivity index (χ0n) is 12.6. The summed E-state index contributed by atoms with van der Waals surface area (Å²) >= 11 is 12.1. The van der Waals surface area contributed by atoms with Gasteiger partial charge in [0.2, 0.25) is 0 Å². The molecule has 116 valence electrons. The molecule has 0 bridgehead atoms. The van der Waals surface area contributed by atoms with E-state index in [1.165, 1.54) is 6.20 Å². The molecule has 6 heteroatoms. The average molecular weight is 338 g/mol. The highest BCUT2D eigenvalue weighted by atomic mass is 35.5. The van der Waals surface area contributed by atoms with Gasteiger partial charge in [0.25, 0.3) is 5.91 Å². The van der Waals surface area contributed by atoms with Crippen molar-refractivity contribution in [2.24, 2.45) is 0 Å². The van der Waals surface area contributed by atoms with Crippen LogP contribution in [0.2, 0.25) is 10.0 Å². The summed E-state index contributed by atoms with van der Waals surface area (Å²) in [6, 6.07) is 6.84. The summed E-state index contributed by atoms with van der Waals surface area (Å²) in [5.74, 6) is -0.180. The van der Waals surface area contributed by atoms with E-state index < -0.39 is 0 Å². The van der Waals surface area contributed by atoms with Gasteiger partial charge in [0.1, 0.15) is 0 Å². The Bertz CT molecular complexity index is 696. The Hall–Kier alpha value is -1.78. The molecule has 0 atom stereocenters. The standard InChI is InChI=1S/C16H17Cl2N3O/c1-16(2,3)21-15(22)10-6-12(9-19-8-10)20-14-7-11(17)4-5-13(14)18/h4-9,20H,1-3H3,(H,21,22). The second kappa shape index (κ2) is 6.55. The average Bonchev–Trinajstić information content (AvgIpc) is 2.41. The minimum Gasteiger partial charge on any atom is -0.353 e. The van der Waals surface area contributed by atoms with Gasteiger partial charge in [-0.15, -0.1) is 0 Å². The molecular formula is C16H17Cl2N3O. The minimum atomic E-state index is -0.309. The van der Waals surface area contributed by atoms with Crippen LogP contribution in [0.3, 0.4) is 0 Å². The van der Waals surface area contributed by atoms with E-state index in [-0.39, 0.29) is 11.4 Å². The highest BCUT2D eigenvalue weighted by Crippen LogP contribution is 2.28. The van der Waals surface area contributed by atoms with Crippen molar-refractivity contribution >= 4 is 40.5 Å². The van der Waals surface area contributed by atoms with Crippen molar-refractivity contribution in [3.05, 3.63) is 52.3 Å². The molecule has 2 N–H and O–H groups in total. The lowest BCUT2D eigenvalue weighted by Gasteiger charge is -2.20. The zero-order valence-corrected chi connectivity index (χ0v) is 14.1. The normalized spacial score (nSPS) is 11.1. The summed E-state index contributed by atoms with van der Waals surface area (Å²) in [5, 5.41) is 7.11. The lowest BCUT2D eigenvalue weighted by atomic mass is 10.1. The molecule has 4 nitrogen and oxygen atoms in total. The molecule has 0 aliphatic heterocycles. The van der Waals surface area contributed by atoms with E-state index in [0.717, 1.165) is 0 Å². The van der Waals surface area contributed by atoms with E-state index in [1.54, 1.807) is 30.5 Å². The lowest BCUT2D eigenvalue weighted by molar-refractivity contribution is 0.0919. The van der Waals surface area contributed by atoms with Crippen LogP contribution in [-0.2, 0) is 0 Å². The molecule has 0 radical (unpaired) electrons. The van der Waals surface area contributed by atoms with Gasteiger partial charge in [-0.25, -0.2) is 0 Å². The van der Waals surface area contributed by atoms with Crippen LogP contribution < -0.4 is 10.6 Å². The number of aromatic nitrogens is 1. The van der Waals surface area contributed by atoms with E-state index in [9.17, 15) is 4.79 Å². The number of carbonyl (C=O) groups is 1. The Morgan fingerprint density at radius 1 is 1.14 bits per heavy atom. The summed E-state index contributed by atoms with van der Waals surface area (Å²) in [6.45, 7) is 5.77. The Balaban J connectivity index is 2.22. The van der Waals surface area contributed by atoms with Gasteiger partial charge in [-0.3, -0.25) is 9.78 Å². The second-order valence-electron chi connectivity index (χ2n) is 5.92. The van der Waals surface area contributed by atoms with Crippen molar-refractivity contribution in [3.8, 4) is 0 Å². The zero-order chi connectivity index (χ0) is 16.3. The first-order chi connectivity index (χ1) is 10.2. The fourth-order valence-corrected chi connectivity index (χ4v) is 2.13. The summed E-state index contributed by atoms with van der Waals surface area (Å²) in [7, 11) is 0. The van der Waals surface area contributed by atoms with Gasteiger partial charge in [-0.05, 0) is 45.0 Å². The molecule has 0 aliphatic carbocycles. The van der Waals surface area contributed by atoms with Crippen molar-refractivity contribution in [2.75, 3.05) is 5.32 Å². The number of benzene rings is 1. The topological polar surface area (TPSA) is 54.0 Å². The van der Waals surface area contributed by atoms with Crippen molar-refractivity contribution in [3.63, 3.8) is 0 Å². The predicted octanol–water partition coefficient (Wildman–Crippen LogP) is 4.66. The molecule has 0 saturated carbocycles. The van der Waals surface area contributed by atoms with Gasteiger partial charge in [0.15, 0.2) is 0 Å².